The summed E-state index contributed by atoms with van der Waals surface area (Å²) in [6, 6.07) is 15.0. The Kier molecular flexibility index (Phi) is 4.38. The molecule has 0 radical (unpaired) electrons. The molecular weight excluding hydrogens is 342 g/mol. The van der Waals surface area contributed by atoms with Crippen LogP contribution in [0.25, 0.3) is 0 Å². The minimum absolute atomic E-state index is 0.200. The molecule has 27 heavy (non-hydrogen) atoms. The van der Waals surface area contributed by atoms with Gasteiger partial charge in [0.15, 0.2) is 11.5 Å². The first-order chi connectivity index (χ1) is 13.1. The maximum absolute atomic E-state index is 12.4. The molecule has 2 aromatic carbocycles. The van der Waals surface area contributed by atoms with Crippen molar-refractivity contribution in [2.24, 2.45) is 0 Å². The van der Waals surface area contributed by atoms with Gasteiger partial charge in [0.05, 0.1) is 5.56 Å². The summed E-state index contributed by atoms with van der Waals surface area (Å²) in [7, 11) is 0. The second-order valence-corrected chi connectivity index (χ2v) is 6.46. The molecule has 0 unspecified atom stereocenters. The van der Waals surface area contributed by atoms with Crippen molar-refractivity contribution in [3.8, 4) is 11.5 Å². The lowest BCUT2D eigenvalue weighted by atomic mass is 10.1. The molecule has 1 aliphatic rings. The molecule has 1 aliphatic heterocycles. The predicted octanol–water partition coefficient (Wildman–Crippen LogP) is 4.42. The fourth-order valence-corrected chi connectivity index (χ4v) is 2.97. The Labute approximate surface area is 157 Å². The zero-order valence-corrected chi connectivity index (χ0v) is 15.1. The zero-order chi connectivity index (χ0) is 18.8. The smallest absolute Gasteiger partial charge is 0.257 e. The van der Waals surface area contributed by atoms with Gasteiger partial charge in [-0.2, -0.15) is 0 Å². The van der Waals surface area contributed by atoms with Crippen molar-refractivity contribution in [3.63, 3.8) is 0 Å². The van der Waals surface area contributed by atoms with Gasteiger partial charge < -0.3 is 20.1 Å². The number of nitrogens with one attached hydrogen (secondary N) is 2. The van der Waals surface area contributed by atoms with Crippen LogP contribution in [0.5, 0.6) is 11.5 Å². The minimum Gasteiger partial charge on any atom is -0.454 e. The Bertz CT molecular complexity index is 980. The number of pyridine rings is 1. The van der Waals surface area contributed by atoms with Crippen LogP contribution >= 0.6 is 0 Å². The number of ether oxygens (including phenoxy) is 2. The van der Waals surface area contributed by atoms with Gasteiger partial charge in [-0.1, -0.05) is 6.07 Å². The Morgan fingerprint density at radius 1 is 0.926 bits per heavy atom. The highest BCUT2D eigenvalue weighted by molar-refractivity contribution is 6.04. The highest BCUT2D eigenvalue weighted by Gasteiger charge is 2.14. The number of rotatable bonds is 4. The summed E-state index contributed by atoms with van der Waals surface area (Å²) in [6.07, 6.45) is 1.55. The number of carbonyl (C=O) groups excluding carboxylic acids is 1. The number of carbonyl (C=O) groups is 1. The van der Waals surface area contributed by atoms with Gasteiger partial charge in [0.25, 0.3) is 5.91 Å². The lowest BCUT2D eigenvalue weighted by Crippen LogP contribution is -2.12. The molecule has 1 aromatic heterocycles. The van der Waals surface area contributed by atoms with E-state index in [0.29, 0.717) is 28.6 Å². The molecule has 0 bridgehead atoms. The molecule has 2 heterocycles. The van der Waals surface area contributed by atoms with Crippen molar-refractivity contribution in [1.29, 1.82) is 0 Å². The molecular formula is C21H19N3O3. The quantitative estimate of drug-likeness (QED) is 0.719. The number of fused-ring (bicyclic) bond motifs is 1. The number of hydrogen-bond acceptors (Lipinski definition) is 5. The molecule has 6 nitrogen and oxygen atoms in total. The first-order valence-electron chi connectivity index (χ1n) is 8.59. The average molecular weight is 361 g/mol. The van der Waals surface area contributed by atoms with Crippen LogP contribution in [-0.4, -0.2) is 17.7 Å². The Hall–Kier alpha value is -3.54. The maximum atomic E-state index is 12.4. The average Bonchev–Trinajstić information content (AvgIpc) is 3.09. The van der Waals surface area contributed by atoms with Crippen LogP contribution in [0.15, 0.2) is 54.7 Å². The van der Waals surface area contributed by atoms with Crippen molar-refractivity contribution in [2.45, 2.75) is 13.8 Å². The molecule has 0 saturated heterocycles. The molecule has 0 spiro atoms. The Morgan fingerprint density at radius 3 is 2.44 bits per heavy atom. The van der Waals surface area contributed by atoms with Crippen molar-refractivity contribution in [3.05, 3.63) is 71.4 Å². The SMILES string of the molecule is Cc1cc(C)cc(Nc2ccc(C(=O)Nc3ccc4c(c3)OCO4)cn2)c1. The van der Waals surface area contributed by atoms with Crippen molar-refractivity contribution >= 4 is 23.1 Å². The number of aromatic nitrogens is 1. The van der Waals surface area contributed by atoms with Crippen LogP contribution < -0.4 is 20.1 Å². The second kappa shape index (κ2) is 6.99. The highest BCUT2D eigenvalue weighted by atomic mass is 16.7. The van der Waals surface area contributed by atoms with Crippen LogP contribution in [0.3, 0.4) is 0 Å². The van der Waals surface area contributed by atoms with Gasteiger partial charge in [-0.05, 0) is 61.4 Å². The fourth-order valence-electron chi connectivity index (χ4n) is 2.97. The summed E-state index contributed by atoms with van der Waals surface area (Å²) in [5.41, 5.74) is 4.44. The lowest BCUT2D eigenvalue weighted by Gasteiger charge is -2.09. The highest BCUT2D eigenvalue weighted by Crippen LogP contribution is 2.34. The van der Waals surface area contributed by atoms with Crippen molar-refractivity contribution in [2.75, 3.05) is 17.4 Å². The summed E-state index contributed by atoms with van der Waals surface area (Å²) in [5, 5.41) is 6.09. The molecule has 4 rings (SSSR count). The molecule has 1 amide bonds. The van der Waals surface area contributed by atoms with Crippen LogP contribution in [-0.2, 0) is 0 Å². The van der Waals surface area contributed by atoms with Crippen molar-refractivity contribution < 1.29 is 14.3 Å². The third-order valence-corrected chi connectivity index (χ3v) is 4.15. The summed E-state index contributed by atoms with van der Waals surface area (Å²) in [5.74, 6) is 1.74. The molecule has 6 heteroatoms. The lowest BCUT2D eigenvalue weighted by molar-refractivity contribution is 0.102. The zero-order valence-electron chi connectivity index (χ0n) is 15.1. The molecule has 2 N–H and O–H groups in total. The van der Waals surface area contributed by atoms with Crippen LogP contribution in [0.2, 0.25) is 0 Å². The van der Waals surface area contributed by atoms with E-state index in [4.69, 9.17) is 9.47 Å². The molecule has 0 atom stereocenters. The standard InChI is InChI=1S/C21H19N3O3/c1-13-7-14(2)9-17(8-13)23-20-6-3-15(11-22-20)21(25)24-16-4-5-18-19(10-16)27-12-26-18/h3-11H,12H2,1-2H3,(H,22,23)(H,24,25). The Balaban J connectivity index is 1.44. The van der Waals surface area contributed by atoms with Crippen LogP contribution in [0.4, 0.5) is 17.2 Å². The predicted molar refractivity (Wildman–Crippen MR) is 104 cm³/mol. The normalized spacial score (nSPS) is 11.9. The largest absolute Gasteiger partial charge is 0.454 e. The third kappa shape index (κ3) is 3.84. The number of aryl methyl sites for hydroxylation is 2. The summed E-state index contributed by atoms with van der Waals surface area (Å²) >= 11 is 0. The maximum Gasteiger partial charge on any atom is 0.257 e. The molecule has 0 aliphatic carbocycles. The van der Waals surface area contributed by atoms with Gasteiger partial charge in [0.1, 0.15) is 5.82 Å². The first kappa shape index (κ1) is 16.9. The van der Waals surface area contributed by atoms with E-state index in [1.807, 2.05) is 0 Å². The van der Waals surface area contributed by atoms with E-state index < -0.39 is 0 Å². The topological polar surface area (TPSA) is 72.5 Å². The van der Waals surface area contributed by atoms with Gasteiger partial charge >= 0.3 is 0 Å². The van der Waals surface area contributed by atoms with Gasteiger partial charge in [0.2, 0.25) is 6.79 Å². The summed E-state index contributed by atoms with van der Waals surface area (Å²) in [4.78, 5) is 16.8. The van der Waals surface area contributed by atoms with E-state index in [1.165, 1.54) is 11.1 Å². The van der Waals surface area contributed by atoms with Crippen LogP contribution in [0.1, 0.15) is 21.5 Å². The first-order valence-corrected chi connectivity index (χ1v) is 8.59. The molecule has 0 fully saturated rings. The number of hydrogen-bond donors (Lipinski definition) is 2. The minimum atomic E-state index is -0.237. The number of benzene rings is 2. The summed E-state index contributed by atoms with van der Waals surface area (Å²) in [6.45, 7) is 4.30. The van der Waals surface area contributed by atoms with Gasteiger partial charge in [-0.25, -0.2) is 4.98 Å². The number of nitrogens with zero attached hydrogens (tertiary/aromatic N) is 1. The van der Waals surface area contributed by atoms with Gasteiger partial charge in [-0.15, -0.1) is 0 Å². The molecule has 0 saturated carbocycles. The third-order valence-electron chi connectivity index (χ3n) is 4.15. The fraction of sp³-hybridized carbons (Fsp3) is 0.143. The van der Waals surface area contributed by atoms with E-state index in [1.54, 1.807) is 36.5 Å². The van der Waals surface area contributed by atoms with Crippen molar-refractivity contribution in [1.82, 2.24) is 4.98 Å². The molecule has 136 valence electrons. The van der Waals surface area contributed by atoms with E-state index >= 15 is 0 Å². The molecule has 3 aromatic rings. The monoisotopic (exact) mass is 361 g/mol. The summed E-state index contributed by atoms with van der Waals surface area (Å²) < 4.78 is 10.6. The Morgan fingerprint density at radius 2 is 1.70 bits per heavy atom. The van der Waals surface area contributed by atoms with E-state index in [9.17, 15) is 4.79 Å². The van der Waals surface area contributed by atoms with Gasteiger partial charge in [-0.3, -0.25) is 4.79 Å². The van der Waals surface area contributed by atoms with E-state index in [2.05, 4.69) is 47.7 Å². The number of anilines is 3. The van der Waals surface area contributed by atoms with E-state index in [0.717, 1.165) is 5.69 Å². The van der Waals surface area contributed by atoms with Crippen LogP contribution in [0, 0.1) is 13.8 Å². The second-order valence-electron chi connectivity index (χ2n) is 6.46. The van der Waals surface area contributed by atoms with Gasteiger partial charge in [0, 0.05) is 23.6 Å². The number of amides is 1. The van der Waals surface area contributed by atoms with E-state index in [-0.39, 0.29) is 12.7 Å².